The number of hydrogen-bond acceptors (Lipinski definition) is 5. The minimum atomic E-state index is -1.19. The largest absolute Gasteiger partial charge is 0.476 e. The summed E-state index contributed by atoms with van der Waals surface area (Å²) in [4.78, 5) is 22.3. The molecule has 0 aliphatic heterocycles. The van der Waals surface area contributed by atoms with E-state index in [0.29, 0.717) is 11.3 Å². The average molecular weight is 278 g/mol. The first kappa shape index (κ1) is 13.7. The minimum absolute atomic E-state index is 0.153. The van der Waals surface area contributed by atoms with Crippen molar-refractivity contribution in [2.24, 2.45) is 18.7 Å². The highest BCUT2D eigenvalue weighted by molar-refractivity contribution is 5.92. The molecule has 0 radical (unpaired) electrons. The van der Waals surface area contributed by atoms with Gasteiger partial charge in [0.25, 0.3) is 0 Å². The summed E-state index contributed by atoms with van der Waals surface area (Å²) < 4.78 is 2.89. The van der Waals surface area contributed by atoms with E-state index in [1.54, 1.807) is 20.2 Å². The standard InChI is InChI=1S/C11H14N6O3/c1-6(10(12)18)4-17-9(7-3-13-16(2)5-7)8(11(19)20)14-15-17/h3,5-6H,4H2,1-2H3,(H2,12,18)(H,19,20). The quantitative estimate of drug-likeness (QED) is 0.758. The summed E-state index contributed by atoms with van der Waals surface area (Å²) in [5.41, 5.74) is 5.89. The van der Waals surface area contributed by atoms with Crippen LogP contribution in [0.5, 0.6) is 0 Å². The Labute approximate surface area is 114 Å². The number of aromatic nitrogens is 5. The van der Waals surface area contributed by atoms with Gasteiger partial charge >= 0.3 is 5.97 Å². The number of carboxylic acid groups (broad SMARTS) is 1. The lowest BCUT2D eigenvalue weighted by Crippen LogP contribution is -2.25. The monoisotopic (exact) mass is 278 g/mol. The van der Waals surface area contributed by atoms with E-state index in [4.69, 9.17) is 10.8 Å². The second kappa shape index (κ2) is 5.11. The lowest BCUT2D eigenvalue weighted by Gasteiger charge is -2.09. The molecule has 0 saturated heterocycles. The van der Waals surface area contributed by atoms with Gasteiger partial charge in [0.05, 0.1) is 18.7 Å². The van der Waals surface area contributed by atoms with Crippen molar-refractivity contribution in [1.82, 2.24) is 24.8 Å². The second-order valence-electron chi connectivity index (χ2n) is 4.48. The highest BCUT2D eigenvalue weighted by Gasteiger charge is 2.23. The van der Waals surface area contributed by atoms with Crippen LogP contribution < -0.4 is 5.73 Å². The molecule has 0 aliphatic rings. The molecular weight excluding hydrogens is 264 g/mol. The number of nitrogens with zero attached hydrogens (tertiary/aromatic N) is 5. The van der Waals surface area contributed by atoms with Crippen molar-refractivity contribution >= 4 is 11.9 Å². The molecule has 0 aliphatic carbocycles. The Bertz CT molecular complexity index is 659. The Hall–Kier alpha value is -2.71. The van der Waals surface area contributed by atoms with Crippen molar-refractivity contribution in [3.63, 3.8) is 0 Å². The molecule has 0 bridgehead atoms. The number of hydrogen-bond donors (Lipinski definition) is 2. The van der Waals surface area contributed by atoms with Gasteiger partial charge in [0.1, 0.15) is 5.69 Å². The van der Waals surface area contributed by atoms with Crippen LogP contribution in [-0.4, -0.2) is 41.8 Å². The Balaban J connectivity index is 2.48. The molecule has 0 aromatic carbocycles. The zero-order chi connectivity index (χ0) is 14.9. The first-order valence-corrected chi connectivity index (χ1v) is 5.85. The Kier molecular flexibility index (Phi) is 3.51. The number of primary amides is 1. The third-order valence-electron chi connectivity index (χ3n) is 2.85. The molecule has 2 aromatic rings. The SMILES string of the molecule is CC(Cn1nnc(C(=O)O)c1-c1cnn(C)c1)C(N)=O. The third-order valence-corrected chi connectivity index (χ3v) is 2.85. The van der Waals surface area contributed by atoms with Gasteiger partial charge in [-0.1, -0.05) is 12.1 Å². The maximum atomic E-state index is 11.2. The van der Waals surface area contributed by atoms with Crippen LogP contribution in [-0.2, 0) is 18.4 Å². The Morgan fingerprint density at radius 1 is 1.50 bits per heavy atom. The maximum Gasteiger partial charge on any atom is 0.358 e. The first-order valence-electron chi connectivity index (χ1n) is 5.85. The van der Waals surface area contributed by atoms with E-state index in [-0.39, 0.29) is 12.2 Å². The number of aryl methyl sites for hydroxylation is 1. The molecule has 0 saturated carbocycles. The van der Waals surface area contributed by atoms with E-state index in [2.05, 4.69) is 15.4 Å². The van der Waals surface area contributed by atoms with Crippen LogP contribution in [0, 0.1) is 5.92 Å². The zero-order valence-electron chi connectivity index (χ0n) is 11.0. The molecule has 9 nitrogen and oxygen atoms in total. The molecule has 20 heavy (non-hydrogen) atoms. The van der Waals surface area contributed by atoms with E-state index < -0.39 is 17.8 Å². The fraction of sp³-hybridized carbons (Fsp3) is 0.364. The fourth-order valence-electron chi connectivity index (χ4n) is 1.76. The maximum absolute atomic E-state index is 11.2. The molecule has 1 amide bonds. The number of carboxylic acids is 1. The van der Waals surface area contributed by atoms with Gasteiger partial charge < -0.3 is 10.8 Å². The smallest absolute Gasteiger partial charge is 0.358 e. The molecule has 1 unspecified atom stereocenters. The van der Waals surface area contributed by atoms with Crippen LogP contribution in [0.2, 0.25) is 0 Å². The molecule has 3 N–H and O–H groups in total. The summed E-state index contributed by atoms with van der Waals surface area (Å²) in [7, 11) is 1.71. The lowest BCUT2D eigenvalue weighted by atomic mass is 10.1. The topological polar surface area (TPSA) is 129 Å². The fourth-order valence-corrected chi connectivity index (χ4v) is 1.76. The second-order valence-corrected chi connectivity index (χ2v) is 4.48. The molecule has 2 rings (SSSR count). The van der Waals surface area contributed by atoms with Crippen molar-refractivity contribution in [2.75, 3.05) is 0 Å². The van der Waals surface area contributed by atoms with Crippen molar-refractivity contribution in [3.8, 4) is 11.3 Å². The molecule has 0 fully saturated rings. The third kappa shape index (κ3) is 2.51. The number of carbonyl (C=O) groups is 2. The van der Waals surface area contributed by atoms with Crippen molar-refractivity contribution in [1.29, 1.82) is 0 Å². The van der Waals surface area contributed by atoms with Gasteiger partial charge in [-0.3, -0.25) is 9.48 Å². The molecule has 9 heteroatoms. The summed E-state index contributed by atoms with van der Waals surface area (Å²) in [6, 6.07) is 0. The van der Waals surface area contributed by atoms with Gasteiger partial charge in [-0.25, -0.2) is 9.48 Å². The minimum Gasteiger partial charge on any atom is -0.476 e. The summed E-state index contributed by atoms with van der Waals surface area (Å²) in [5.74, 6) is -2.18. The molecule has 0 spiro atoms. The van der Waals surface area contributed by atoms with E-state index in [1.807, 2.05) is 0 Å². The molecular formula is C11H14N6O3. The predicted octanol–water partition coefficient (Wildman–Crippen LogP) is -0.502. The number of amides is 1. The molecule has 106 valence electrons. The van der Waals surface area contributed by atoms with Gasteiger partial charge in [0, 0.05) is 18.8 Å². The molecule has 2 aromatic heterocycles. The van der Waals surface area contributed by atoms with Gasteiger partial charge in [-0.15, -0.1) is 5.10 Å². The molecule has 2 heterocycles. The zero-order valence-corrected chi connectivity index (χ0v) is 11.0. The van der Waals surface area contributed by atoms with Gasteiger partial charge in [-0.05, 0) is 0 Å². The van der Waals surface area contributed by atoms with Crippen LogP contribution in [0.15, 0.2) is 12.4 Å². The van der Waals surface area contributed by atoms with E-state index in [9.17, 15) is 9.59 Å². The summed E-state index contributed by atoms with van der Waals surface area (Å²) in [6.45, 7) is 1.79. The Morgan fingerprint density at radius 2 is 2.20 bits per heavy atom. The van der Waals surface area contributed by atoms with E-state index in [0.717, 1.165) is 0 Å². The van der Waals surface area contributed by atoms with Crippen molar-refractivity contribution < 1.29 is 14.7 Å². The molecule has 1 atom stereocenters. The number of aromatic carboxylic acids is 1. The number of nitrogens with two attached hydrogens (primary N) is 1. The van der Waals surface area contributed by atoms with Crippen molar-refractivity contribution in [3.05, 3.63) is 18.1 Å². The number of rotatable bonds is 5. The summed E-state index contributed by atoms with van der Waals surface area (Å²) in [5, 5.41) is 20.6. The predicted molar refractivity (Wildman–Crippen MR) is 67.5 cm³/mol. The van der Waals surface area contributed by atoms with Gasteiger partial charge in [0.2, 0.25) is 5.91 Å². The normalized spacial score (nSPS) is 12.3. The van der Waals surface area contributed by atoms with Crippen molar-refractivity contribution in [2.45, 2.75) is 13.5 Å². The van der Waals surface area contributed by atoms with Crippen LogP contribution in [0.4, 0.5) is 0 Å². The summed E-state index contributed by atoms with van der Waals surface area (Å²) in [6.07, 6.45) is 3.16. The highest BCUT2D eigenvalue weighted by Crippen LogP contribution is 2.22. The van der Waals surface area contributed by atoms with Crippen LogP contribution in [0.1, 0.15) is 17.4 Å². The van der Waals surface area contributed by atoms with Gasteiger partial charge in [0.15, 0.2) is 5.69 Å². The Morgan fingerprint density at radius 3 is 2.70 bits per heavy atom. The van der Waals surface area contributed by atoms with Crippen LogP contribution in [0.3, 0.4) is 0 Å². The summed E-state index contributed by atoms with van der Waals surface area (Å²) >= 11 is 0. The first-order chi connectivity index (χ1) is 9.40. The van der Waals surface area contributed by atoms with E-state index in [1.165, 1.54) is 15.6 Å². The number of carbonyl (C=O) groups excluding carboxylic acids is 1. The van der Waals surface area contributed by atoms with Crippen LogP contribution >= 0.6 is 0 Å². The van der Waals surface area contributed by atoms with E-state index >= 15 is 0 Å². The lowest BCUT2D eigenvalue weighted by molar-refractivity contribution is -0.121. The van der Waals surface area contributed by atoms with Gasteiger partial charge in [-0.2, -0.15) is 5.10 Å². The van der Waals surface area contributed by atoms with Crippen LogP contribution in [0.25, 0.3) is 11.3 Å². The highest BCUT2D eigenvalue weighted by atomic mass is 16.4. The average Bonchev–Trinajstić information content (AvgIpc) is 2.95.